The van der Waals surface area contributed by atoms with Crippen molar-refractivity contribution >= 4 is 37.7 Å². The average Bonchev–Trinajstić information content (AvgIpc) is 2.74. The number of piperidine rings is 1. The Balaban J connectivity index is 1.55. The van der Waals surface area contributed by atoms with Crippen molar-refractivity contribution in [3.8, 4) is 5.88 Å². The molecule has 168 valence electrons. The fourth-order valence-corrected chi connectivity index (χ4v) is 5.24. The first-order valence-electron chi connectivity index (χ1n) is 10.7. The van der Waals surface area contributed by atoms with Crippen LogP contribution in [0.2, 0.25) is 5.21 Å². The van der Waals surface area contributed by atoms with Crippen molar-refractivity contribution in [1.29, 1.82) is 0 Å². The van der Waals surface area contributed by atoms with E-state index in [1.54, 1.807) is 23.1 Å². The van der Waals surface area contributed by atoms with Gasteiger partial charge in [-0.25, -0.2) is 4.79 Å². The molecule has 1 saturated heterocycles. The summed E-state index contributed by atoms with van der Waals surface area (Å²) in [6, 6.07) is 7.03. The van der Waals surface area contributed by atoms with Crippen molar-refractivity contribution in [1.82, 2.24) is 14.9 Å². The van der Waals surface area contributed by atoms with Crippen LogP contribution in [-0.4, -0.2) is 62.0 Å². The number of nitrogens with zero attached hydrogens (tertiary/aromatic N) is 3. The van der Waals surface area contributed by atoms with Crippen molar-refractivity contribution in [3.05, 3.63) is 36.4 Å². The van der Waals surface area contributed by atoms with Crippen molar-refractivity contribution in [2.45, 2.75) is 57.5 Å². The summed E-state index contributed by atoms with van der Waals surface area (Å²) in [6.07, 6.45) is 3.44. The number of anilines is 2. The van der Waals surface area contributed by atoms with Crippen LogP contribution in [0.5, 0.6) is 5.88 Å². The molecular weight excluding hydrogens is 462 g/mol. The molecule has 1 aromatic carbocycles. The van der Waals surface area contributed by atoms with Gasteiger partial charge in [0.1, 0.15) is 0 Å². The molecule has 1 atom stereocenters. The zero-order valence-electron chi connectivity index (χ0n) is 18.2. The third kappa shape index (κ3) is 7.10. The van der Waals surface area contributed by atoms with Crippen LogP contribution in [0.3, 0.4) is 0 Å². The Kier molecular flexibility index (Phi) is 8.52. The van der Waals surface area contributed by atoms with Crippen LogP contribution in [0.4, 0.5) is 20.7 Å². The Hall–Kier alpha value is -2.34. The van der Waals surface area contributed by atoms with E-state index in [4.69, 9.17) is 9.47 Å². The molecule has 1 unspecified atom stereocenters. The van der Waals surface area contributed by atoms with Gasteiger partial charge in [0.2, 0.25) is 0 Å². The van der Waals surface area contributed by atoms with Crippen LogP contribution in [0.1, 0.15) is 40.0 Å². The zero-order chi connectivity index (χ0) is 22.2. The monoisotopic (exact) mass is 492 g/mol. The maximum absolute atomic E-state index is 14.5. The zero-order valence-corrected chi connectivity index (χ0v) is 20.3. The van der Waals surface area contributed by atoms with Crippen molar-refractivity contribution in [2.75, 3.05) is 18.4 Å². The van der Waals surface area contributed by atoms with E-state index in [0.717, 1.165) is 16.0 Å². The Bertz CT molecular complexity index is 876. The minimum absolute atomic E-state index is 0.0510. The van der Waals surface area contributed by atoms with Crippen LogP contribution < -0.4 is 14.4 Å². The number of likely N-dealkylation sites (tertiary alicyclic amines) is 1. The number of aromatic nitrogens is 2. The van der Waals surface area contributed by atoms with E-state index in [0.29, 0.717) is 43.3 Å². The molecule has 7 nitrogen and oxygen atoms in total. The first-order valence-corrected chi connectivity index (χ1v) is 13.2. The maximum atomic E-state index is 14.5. The number of benzene rings is 1. The van der Waals surface area contributed by atoms with Crippen molar-refractivity contribution in [3.63, 3.8) is 0 Å². The van der Waals surface area contributed by atoms with Crippen LogP contribution in [0, 0.1) is 5.82 Å². The van der Waals surface area contributed by atoms with Gasteiger partial charge in [-0.2, -0.15) is 0 Å². The first-order chi connectivity index (χ1) is 14.9. The fraction of sp³-hybridized carbons (Fsp3) is 0.500. The second kappa shape index (κ2) is 11.3. The molecule has 0 bridgehead atoms. The standard InChI is InChI=1S/C22H30AsFN4O3/c1-4-9-23-16-5-6-19(18(24)12-16)27-20-13-21(26-14-25-20)31-17-7-10-28(11-8-17)22(29)30-15(2)3/h5-6,12-15,17,23H,4,7-11H2,1-3H3,(H,25,26,27). The fourth-order valence-electron chi connectivity index (χ4n) is 3.21. The summed E-state index contributed by atoms with van der Waals surface area (Å²) >= 11 is -0.275. The normalized spacial score (nSPS) is 14.9. The van der Waals surface area contributed by atoms with E-state index in [1.165, 1.54) is 6.33 Å². The number of rotatable bonds is 8. The number of halogens is 1. The molecule has 2 aromatic rings. The summed E-state index contributed by atoms with van der Waals surface area (Å²) in [5, 5.41) is 4.18. The van der Waals surface area contributed by atoms with Gasteiger partial charge in [-0.15, -0.1) is 0 Å². The van der Waals surface area contributed by atoms with Gasteiger partial charge < -0.3 is 9.64 Å². The predicted molar refractivity (Wildman–Crippen MR) is 120 cm³/mol. The molecule has 1 aliphatic heterocycles. The molecule has 1 fully saturated rings. The molecule has 0 radical (unpaired) electrons. The third-order valence-electron chi connectivity index (χ3n) is 4.78. The van der Waals surface area contributed by atoms with Crippen molar-refractivity contribution < 1.29 is 18.7 Å². The number of hydrogen-bond acceptors (Lipinski definition) is 6. The first kappa shape index (κ1) is 23.3. The van der Waals surface area contributed by atoms with E-state index in [-0.39, 0.29) is 39.9 Å². The summed E-state index contributed by atoms with van der Waals surface area (Å²) in [7, 11) is 0. The van der Waals surface area contributed by atoms with E-state index in [1.807, 2.05) is 19.9 Å². The second-order valence-electron chi connectivity index (χ2n) is 7.72. The molecule has 9 heteroatoms. The summed E-state index contributed by atoms with van der Waals surface area (Å²) in [5.41, 5.74) is 0.383. The van der Waals surface area contributed by atoms with Gasteiger partial charge in [0.25, 0.3) is 0 Å². The molecular formula is C22H30AsFN4O3. The Morgan fingerprint density at radius 2 is 2.06 bits per heavy atom. The molecule has 1 N–H and O–H groups in total. The number of nitrogens with one attached hydrogen (secondary N) is 1. The average molecular weight is 492 g/mol. The summed E-state index contributed by atoms with van der Waals surface area (Å²) < 4.78 is 26.8. The minimum atomic E-state index is -0.285. The number of ether oxygens (including phenoxy) is 2. The molecule has 1 aliphatic rings. The van der Waals surface area contributed by atoms with Gasteiger partial charge >= 0.3 is 155 Å². The molecule has 0 saturated carbocycles. The van der Waals surface area contributed by atoms with Gasteiger partial charge in [0, 0.05) is 0 Å². The third-order valence-corrected chi connectivity index (χ3v) is 7.86. The quantitative estimate of drug-likeness (QED) is 0.568. The van der Waals surface area contributed by atoms with Crippen LogP contribution >= 0.6 is 0 Å². The van der Waals surface area contributed by atoms with Gasteiger partial charge in [0.05, 0.1) is 6.10 Å². The van der Waals surface area contributed by atoms with Gasteiger partial charge in [0.15, 0.2) is 0 Å². The van der Waals surface area contributed by atoms with E-state index in [2.05, 4.69) is 22.2 Å². The molecule has 2 heterocycles. The van der Waals surface area contributed by atoms with Crippen LogP contribution in [-0.2, 0) is 4.74 Å². The predicted octanol–water partition coefficient (Wildman–Crippen LogP) is 3.64. The Morgan fingerprint density at radius 3 is 2.74 bits per heavy atom. The molecule has 3 rings (SSSR count). The number of carbonyl (C=O) groups is 1. The Morgan fingerprint density at radius 1 is 1.29 bits per heavy atom. The summed E-state index contributed by atoms with van der Waals surface area (Å²) in [4.78, 5) is 22.0. The molecule has 1 aromatic heterocycles. The molecule has 0 spiro atoms. The molecule has 1 amide bonds. The van der Waals surface area contributed by atoms with E-state index in [9.17, 15) is 9.18 Å². The van der Waals surface area contributed by atoms with Gasteiger partial charge in [-0.05, 0) is 13.8 Å². The molecule has 31 heavy (non-hydrogen) atoms. The summed E-state index contributed by atoms with van der Waals surface area (Å²) in [5.74, 6) is 0.616. The van der Waals surface area contributed by atoms with Gasteiger partial charge in [-0.3, -0.25) is 0 Å². The second-order valence-corrected chi connectivity index (χ2v) is 10.7. The van der Waals surface area contributed by atoms with Crippen molar-refractivity contribution in [2.24, 2.45) is 0 Å². The van der Waals surface area contributed by atoms with Crippen LogP contribution in [0.15, 0.2) is 30.6 Å². The van der Waals surface area contributed by atoms with Gasteiger partial charge in [-0.1, -0.05) is 0 Å². The summed E-state index contributed by atoms with van der Waals surface area (Å²) in [6.45, 7) is 6.97. The van der Waals surface area contributed by atoms with E-state index < -0.39 is 0 Å². The number of amides is 1. The topological polar surface area (TPSA) is 76.6 Å². The molecule has 0 aliphatic carbocycles. The van der Waals surface area contributed by atoms with E-state index >= 15 is 0 Å². The Labute approximate surface area is 189 Å². The number of carbonyl (C=O) groups excluding carboxylic acids is 1. The number of hydrogen-bond donors (Lipinski definition) is 1. The van der Waals surface area contributed by atoms with Crippen LogP contribution in [0.25, 0.3) is 0 Å². The SMILES string of the molecule is CCC[AsH]c1ccc(Nc2cc(OC3CCN(C(=O)OC(C)C)CC3)ncn2)c(F)c1.